The number of hydrogen-bond acceptors (Lipinski definition) is 6. The number of carbonyl (C=O) groups excluding carboxylic acids is 3. The summed E-state index contributed by atoms with van der Waals surface area (Å²) in [5.41, 5.74) is 1.64. The van der Waals surface area contributed by atoms with Crippen LogP contribution in [0.5, 0.6) is 0 Å². The molecule has 1 aromatic carbocycles. The van der Waals surface area contributed by atoms with E-state index in [0.29, 0.717) is 35.6 Å². The minimum atomic E-state index is -0.883. The van der Waals surface area contributed by atoms with E-state index >= 15 is 0 Å². The molecule has 1 aliphatic heterocycles. The van der Waals surface area contributed by atoms with E-state index in [1.807, 2.05) is 0 Å². The summed E-state index contributed by atoms with van der Waals surface area (Å²) >= 11 is 0. The summed E-state index contributed by atoms with van der Waals surface area (Å²) < 4.78 is 10.3. The molecule has 3 rings (SSSR count). The Labute approximate surface area is 156 Å². The third-order valence-electron chi connectivity index (χ3n) is 4.60. The van der Waals surface area contributed by atoms with E-state index in [-0.39, 0.29) is 18.2 Å². The molecule has 0 radical (unpaired) electrons. The highest BCUT2D eigenvalue weighted by Gasteiger charge is 2.35. The van der Waals surface area contributed by atoms with E-state index in [1.165, 1.54) is 12.0 Å². The second-order valence-electron chi connectivity index (χ2n) is 6.48. The first kappa shape index (κ1) is 18.9. The van der Waals surface area contributed by atoms with Crippen LogP contribution in [-0.2, 0) is 20.7 Å². The van der Waals surface area contributed by atoms with Gasteiger partial charge in [0.25, 0.3) is 5.91 Å². The number of fused-ring (bicyclic) bond motifs is 1. The lowest BCUT2D eigenvalue weighted by Gasteiger charge is -2.34. The van der Waals surface area contributed by atoms with Crippen LogP contribution in [0.2, 0.25) is 0 Å². The maximum absolute atomic E-state index is 13.0. The molecule has 27 heavy (non-hydrogen) atoms. The van der Waals surface area contributed by atoms with Crippen molar-refractivity contribution in [3.63, 3.8) is 0 Å². The van der Waals surface area contributed by atoms with Gasteiger partial charge in [0.05, 0.1) is 13.5 Å². The predicted molar refractivity (Wildman–Crippen MR) is 97.1 cm³/mol. The zero-order valence-electron chi connectivity index (χ0n) is 15.5. The fourth-order valence-corrected chi connectivity index (χ4v) is 3.11. The smallest absolute Gasteiger partial charge is 0.308 e. The van der Waals surface area contributed by atoms with Crippen molar-refractivity contribution >= 4 is 28.9 Å². The molecule has 144 valence electrons. The highest BCUT2D eigenvalue weighted by atomic mass is 16.5. The van der Waals surface area contributed by atoms with Crippen LogP contribution in [0.15, 0.2) is 22.6 Å². The second-order valence-corrected chi connectivity index (χ2v) is 6.48. The number of amides is 2. The lowest BCUT2D eigenvalue weighted by Crippen LogP contribution is -2.57. The van der Waals surface area contributed by atoms with Crippen LogP contribution in [0.3, 0.4) is 0 Å². The molecule has 1 aromatic heterocycles. The lowest BCUT2D eigenvalue weighted by molar-refractivity contribution is -0.145. The Bertz CT molecular complexity index is 860. The number of aromatic nitrogens is 1. The van der Waals surface area contributed by atoms with Crippen molar-refractivity contribution in [2.24, 2.45) is 0 Å². The number of nitrogens with zero attached hydrogens (tertiary/aromatic N) is 2. The zero-order chi connectivity index (χ0) is 19.4. The molecular weight excluding hydrogens is 350 g/mol. The quantitative estimate of drug-likeness (QED) is 0.773. The van der Waals surface area contributed by atoms with Gasteiger partial charge in [-0.1, -0.05) is 13.3 Å². The van der Waals surface area contributed by atoms with Crippen LogP contribution in [-0.4, -0.2) is 53.9 Å². The van der Waals surface area contributed by atoms with Crippen molar-refractivity contribution in [3.05, 3.63) is 29.7 Å². The molecule has 0 unspecified atom stereocenters. The molecule has 0 bridgehead atoms. The second kappa shape index (κ2) is 8.20. The molecule has 1 N–H and O–H groups in total. The molecule has 0 aliphatic carbocycles. The van der Waals surface area contributed by atoms with Gasteiger partial charge in [0.15, 0.2) is 11.5 Å². The molecule has 1 fully saturated rings. The first-order chi connectivity index (χ1) is 13.0. The fraction of sp³-hybridized carbons (Fsp3) is 0.474. The number of benzene rings is 1. The van der Waals surface area contributed by atoms with Crippen LogP contribution in [0.1, 0.15) is 42.4 Å². The average molecular weight is 373 g/mol. The first-order valence-electron chi connectivity index (χ1n) is 9.08. The van der Waals surface area contributed by atoms with Gasteiger partial charge in [-0.05, 0) is 24.6 Å². The zero-order valence-corrected chi connectivity index (χ0v) is 15.5. The number of unbranched alkanes of at least 4 members (excludes halogenated alkanes) is 1. The molecule has 1 saturated heterocycles. The fourth-order valence-electron chi connectivity index (χ4n) is 3.11. The van der Waals surface area contributed by atoms with E-state index in [1.54, 1.807) is 18.2 Å². The molecule has 1 atom stereocenters. The SMILES string of the molecule is CCCCc1nc2cc(C(=O)N3CCNC(=O)[C@H]3CC(=O)OC)ccc2o1. The van der Waals surface area contributed by atoms with E-state index in [0.717, 1.165) is 19.3 Å². The van der Waals surface area contributed by atoms with Crippen molar-refractivity contribution in [2.75, 3.05) is 20.2 Å². The number of nitrogens with one attached hydrogen (secondary N) is 1. The van der Waals surface area contributed by atoms with E-state index < -0.39 is 12.0 Å². The number of hydrogen-bond donors (Lipinski definition) is 1. The molecule has 0 spiro atoms. The number of ether oxygens (including phenoxy) is 1. The molecule has 2 amide bonds. The van der Waals surface area contributed by atoms with Gasteiger partial charge in [0, 0.05) is 25.1 Å². The molecule has 8 nitrogen and oxygen atoms in total. The largest absolute Gasteiger partial charge is 0.469 e. The van der Waals surface area contributed by atoms with Crippen molar-refractivity contribution in [1.29, 1.82) is 0 Å². The lowest BCUT2D eigenvalue weighted by atomic mass is 10.1. The monoisotopic (exact) mass is 373 g/mol. The standard InChI is InChI=1S/C19H23N3O5/c1-3-4-5-16-21-13-10-12(6-7-15(13)27-16)19(25)22-9-8-20-18(24)14(22)11-17(23)26-2/h6-7,10,14H,3-5,8-9,11H2,1-2H3,(H,20,24)/t14-/m1/s1. The number of piperazine rings is 1. The van der Waals surface area contributed by atoms with Gasteiger partial charge in [-0.15, -0.1) is 0 Å². The van der Waals surface area contributed by atoms with Gasteiger partial charge in [-0.2, -0.15) is 0 Å². The van der Waals surface area contributed by atoms with Gasteiger partial charge < -0.3 is 19.4 Å². The summed E-state index contributed by atoms with van der Waals surface area (Å²) in [4.78, 5) is 42.6. The molecular formula is C19H23N3O5. The third-order valence-corrected chi connectivity index (χ3v) is 4.60. The number of rotatable bonds is 6. The Morgan fingerprint density at radius 3 is 2.96 bits per heavy atom. The summed E-state index contributed by atoms with van der Waals surface area (Å²) in [5.74, 6) is -0.567. The highest BCUT2D eigenvalue weighted by molar-refractivity contribution is 6.01. The summed E-state index contributed by atoms with van der Waals surface area (Å²) in [6.07, 6.45) is 2.60. The van der Waals surface area contributed by atoms with E-state index in [4.69, 9.17) is 4.42 Å². The van der Waals surface area contributed by atoms with Gasteiger partial charge in [-0.3, -0.25) is 14.4 Å². The third kappa shape index (κ3) is 4.10. The van der Waals surface area contributed by atoms with E-state index in [2.05, 4.69) is 22.0 Å². The predicted octanol–water partition coefficient (Wildman–Crippen LogP) is 1.67. The van der Waals surface area contributed by atoms with Crippen LogP contribution in [0, 0.1) is 0 Å². The number of methoxy groups -OCH3 is 1. The van der Waals surface area contributed by atoms with Crippen LogP contribution < -0.4 is 5.32 Å². The maximum Gasteiger partial charge on any atom is 0.308 e. The summed E-state index contributed by atoms with van der Waals surface area (Å²) in [6, 6.07) is 4.15. The summed E-state index contributed by atoms with van der Waals surface area (Å²) in [7, 11) is 1.25. The van der Waals surface area contributed by atoms with Crippen LogP contribution in [0.4, 0.5) is 0 Å². The molecule has 2 heterocycles. The van der Waals surface area contributed by atoms with Crippen molar-refractivity contribution in [1.82, 2.24) is 15.2 Å². The Morgan fingerprint density at radius 1 is 1.41 bits per heavy atom. The van der Waals surface area contributed by atoms with Crippen molar-refractivity contribution in [3.8, 4) is 0 Å². The molecule has 8 heteroatoms. The molecule has 0 saturated carbocycles. The average Bonchev–Trinajstić information content (AvgIpc) is 3.09. The summed E-state index contributed by atoms with van der Waals surface area (Å²) in [6.45, 7) is 2.76. The Kier molecular flexibility index (Phi) is 5.73. The maximum atomic E-state index is 13.0. The number of aryl methyl sites for hydroxylation is 1. The molecule has 1 aliphatic rings. The van der Waals surface area contributed by atoms with Gasteiger partial charge >= 0.3 is 5.97 Å². The Hall–Kier alpha value is -2.90. The molecule has 2 aromatic rings. The normalized spacial score (nSPS) is 17.0. The summed E-state index contributed by atoms with van der Waals surface area (Å²) in [5, 5.41) is 2.68. The van der Waals surface area contributed by atoms with Gasteiger partial charge in [-0.25, -0.2) is 4.98 Å². The minimum Gasteiger partial charge on any atom is -0.469 e. The van der Waals surface area contributed by atoms with Crippen LogP contribution in [0.25, 0.3) is 11.1 Å². The van der Waals surface area contributed by atoms with Crippen molar-refractivity contribution in [2.45, 2.75) is 38.6 Å². The topological polar surface area (TPSA) is 102 Å². The minimum absolute atomic E-state index is 0.179. The Balaban J connectivity index is 1.84. The number of carbonyl (C=O) groups is 3. The van der Waals surface area contributed by atoms with Crippen molar-refractivity contribution < 1.29 is 23.5 Å². The Morgan fingerprint density at radius 2 is 2.22 bits per heavy atom. The number of oxazole rings is 1. The first-order valence-corrected chi connectivity index (χ1v) is 9.08. The van der Waals surface area contributed by atoms with E-state index in [9.17, 15) is 14.4 Å². The van der Waals surface area contributed by atoms with Crippen LogP contribution >= 0.6 is 0 Å². The van der Waals surface area contributed by atoms with Gasteiger partial charge in [0.1, 0.15) is 11.6 Å². The van der Waals surface area contributed by atoms with Gasteiger partial charge in [0.2, 0.25) is 5.91 Å². The highest BCUT2D eigenvalue weighted by Crippen LogP contribution is 2.21. The number of esters is 1.